The molecule has 3 aliphatic rings. The third kappa shape index (κ3) is 3.38. The number of carbonyl (C=O) groups excluding carboxylic acids is 1. The number of nitrogens with one attached hydrogen (secondary N) is 1. The first-order valence-electron chi connectivity index (χ1n) is 10.2. The Morgan fingerprint density at radius 2 is 1.89 bits per heavy atom. The van der Waals surface area contributed by atoms with Crippen molar-refractivity contribution in [3.05, 3.63) is 29.8 Å². The Balaban J connectivity index is 1.48. The molecule has 2 aliphatic carbocycles. The minimum Gasteiger partial charge on any atom is -0.444 e. The second-order valence-electron chi connectivity index (χ2n) is 9.42. The van der Waals surface area contributed by atoms with Crippen LogP contribution in [0.2, 0.25) is 0 Å². The topological polar surface area (TPSA) is 75.7 Å². The smallest absolute Gasteiger partial charge is 0.410 e. The standard InChI is InChI=1S/C21H30N2O4S/c1-5-21(17-12-23(13-18(17)21)19(24)27-20(2,3)4)14-7-6-8-15(11-14)22-28(25,26)16-9-10-16/h6-8,11,16-18,22H,5,9-10,12-13H2,1-4H3/t17-,18+,21?. The zero-order valence-corrected chi connectivity index (χ0v) is 17.9. The van der Waals surface area contributed by atoms with E-state index in [-0.39, 0.29) is 16.8 Å². The molecule has 154 valence electrons. The Hall–Kier alpha value is -1.76. The molecule has 0 aromatic heterocycles. The molecule has 7 heteroatoms. The third-order valence-electron chi connectivity index (χ3n) is 6.39. The molecule has 1 heterocycles. The maximum Gasteiger partial charge on any atom is 0.410 e. The summed E-state index contributed by atoms with van der Waals surface area (Å²) in [5.74, 6) is 0.806. The average molecular weight is 407 g/mol. The lowest BCUT2D eigenvalue weighted by atomic mass is 9.87. The van der Waals surface area contributed by atoms with Crippen LogP contribution in [0.4, 0.5) is 10.5 Å². The van der Waals surface area contributed by atoms with Crippen molar-refractivity contribution in [1.29, 1.82) is 0 Å². The quantitative estimate of drug-likeness (QED) is 0.808. The van der Waals surface area contributed by atoms with Crippen LogP contribution < -0.4 is 4.72 Å². The fourth-order valence-electron chi connectivity index (χ4n) is 4.86. The SMILES string of the molecule is CCC1(c2cccc(NS(=O)(=O)C3CC3)c2)[C@@H]2CN(C(=O)OC(C)(C)C)C[C@@H]21. The van der Waals surface area contributed by atoms with E-state index in [1.165, 1.54) is 5.56 Å². The van der Waals surface area contributed by atoms with E-state index >= 15 is 0 Å². The number of carbonyl (C=O) groups is 1. The Labute approximate surface area is 167 Å². The second kappa shape index (κ2) is 6.37. The van der Waals surface area contributed by atoms with Crippen molar-refractivity contribution in [2.45, 2.75) is 63.2 Å². The number of anilines is 1. The first-order valence-corrected chi connectivity index (χ1v) is 11.7. The van der Waals surface area contributed by atoms with Gasteiger partial charge in [0.15, 0.2) is 0 Å². The van der Waals surface area contributed by atoms with E-state index in [4.69, 9.17) is 4.74 Å². The number of likely N-dealkylation sites (tertiary alicyclic amines) is 1. The summed E-state index contributed by atoms with van der Waals surface area (Å²) in [6, 6.07) is 7.82. The highest BCUT2D eigenvalue weighted by atomic mass is 32.2. The van der Waals surface area contributed by atoms with Crippen molar-refractivity contribution in [3.8, 4) is 0 Å². The van der Waals surface area contributed by atoms with Crippen LogP contribution in [0.15, 0.2) is 24.3 Å². The predicted molar refractivity (Wildman–Crippen MR) is 109 cm³/mol. The van der Waals surface area contributed by atoms with Gasteiger partial charge >= 0.3 is 6.09 Å². The number of rotatable bonds is 5. The molecule has 1 aromatic carbocycles. The van der Waals surface area contributed by atoms with Crippen LogP contribution in [0.5, 0.6) is 0 Å². The van der Waals surface area contributed by atoms with Crippen LogP contribution >= 0.6 is 0 Å². The molecule has 28 heavy (non-hydrogen) atoms. The molecule has 0 bridgehead atoms. The van der Waals surface area contributed by atoms with Gasteiger partial charge in [0.1, 0.15) is 5.60 Å². The fourth-order valence-corrected chi connectivity index (χ4v) is 6.24. The molecule has 3 atom stereocenters. The van der Waals surface area contributed by atoms with Crippen molar-refractivity contribution in [2.24, 2.45) is 11.8 Å². The van der Waals surface area contributed by atoms with Crippen LogP contribution in [0.1, 0.15) is 52.5 Å². The summed E-state index contributed by atoms with van der Waals surface area (Å²) >= 11 is 0. The van der Waals surface area contributed by atoms with Crippen molar-refractivity contribution in [3.63, 3.8) is 0 Å². The number of ether oxygens (including phenoxy) is 1. The van der Waals surface area contributed by atoms with Gasteiger partial charge in [-0.25, -0.2) is 13.2 Å². The molecular formula is C21H30N2O4S. The molecule has 6 nitrogen and oxygen atoms in total. The van der Waals surface area contributed by atoms with Crippen molar-refractivity contribution in [1.82, 2.24) is 4.90 Å². The molecule has 3 fully saturated rings. The molecule has 1 amide bonds. The van der Waals surface area contributed by atoms with Crippen molar-refractivity contribution >= 4 is 21.8 Å². The van der Waals surface area contributed by atoms with Gasteiger partial charge in [-0.2, -0.15) is 0 Å². The summed E-state index contributed by atoms with van der Waals surface area (Å²) in [6.07, 6.45) is 2.23. The first-order chi connectivity index (χ1) is 13.1. The maximum absolute atomic E-state index is 12.4. The highest BCUT2D eigenvalue weighted by Gasteiger charge is 2.68. The van der Waals surface area contributed by atoms with E-state index in [1.807, 2.05) is 43.9 Å². The fraction of sp³-hybridized carbons (Fsp3) is 0.667. The Bertz CT molecular complexity index is 874. The Morgan fingerprint density at radius 1 is 1.25 bits per heavy atom. The van der Waals surface area contributed by atoms with Gasteiger partial charge in [-0.3, -0.25) is 4.72 Å². The van der Waals surface area contributed by atoms with E-state index in [0.29, 0.717) is 30.6 Å². The number of nitrogens with zero attached hydrogens (tertiary/aromatic N) is 1. The average Bonchev–Trinajstić information content (AvgIpc) is 3.49. The largest absolute Gasteiger partial charge is 0.444 e. The zero-order chi connectivity index (χ0) is 20.3. The highest BCUT2D eigenvalue weighted by molar-refractivity contribution is 7.93. The molecule has 1 aromatic rings. The molecule has 0 radical (unpaired) electrons. The van der Waals surface area contributed by atoms with Gasteiger partial charge in [0, 0.05) is 24.2 Å². The highest BCUT2D eigenvalue weighted by Crippen LogP contribution is 2.65. The molecule has 1 unspecified atom stereocenters. The van der Waals surface area contributed by atoms with E-state index in [0.717, 1.165) is 19.3 Å². The number of amides is 1. The number of benzene rings is 1. The number of hydrogen-bond donors (Lipinski definition) is 1. The van der Waals surface area contributed by atoms with Gasteiger partial charge in [-0.15, -0.1) is 0 Å². The van der Waals surface area contributed by atoms with Gasteiger partial charge in [0.25, 0.3) is 0 Å². The summed E-state index contributed by atoms with van der Waals surface area (Å²) in [5, 5.41) is -0.237. The second-order valence-corrected chi connectivity index (χ2v) is 11.4. The van der Waals surface area contributed by atoms with E-state index < -0.39 is 15.6 Å². The zero-order valence-electron chi connectivity index (χ0n) is 17.1. The molecule has 0 spiro atoms. The number of fused-ring (bicyclic) bond motifs is 1. The minimum absolute atomic E-state index is 0.0273. The molecule has 1 saturated heterocycles. The Kier molecular flexibility index (Phi) is 4.45. The molecule has 4 rings (SSSR count). The summed E-state index contributed by atoms with van der Waals surface area (Å²) in [6.45, 7) is 9.22. The number of sulfonamides is 1. The van der Waals surface area contributed by atoms with Crippen LogP contribution in [-0.2, 0) is 20.2 Å². The molecule has 2 saturated carbocycles. The minimum atomic E-state index is -3.26. The van der Waals surface area contributed by atoms with Crippen LogP contribution in [-0.4, -0.2) is 43.4 Å². The van der Waals surface area contributed by atoms with E-state index in [2.05, 4.69) is 17.7 Å². The van der Waals surface area contributed by atoms with Gasteiger partial charge in [-0.1, -0.05) is 19.1 Å². The molecule has 1 aliphatic heterocycles. The van der Waals surface area contributed by atoms with E-state index in [1.54, 1.807) is 0 Å². The van der Waals surface area contributed by atoms with Crippen molar-refractivity contribution in [2.75, 3.05) is 17.8 Å². The normalized spacial score (nSPS) is 29.4. The maximum atomic E-state index is 12.4. The van der Waals surface area contributed by atoms with Gasteiger partial charge in [0.05, 0.1) is 5.25 Å². The summed E-state index contributed by atoms with van der Waals surface area (Å²) in [5.41, 5.74) is 1.36. The third-order valence-corrected chi connectivity index (χ3v) is 8.26. The van der Waals surface area contributed by atoms with Crippen LogP contribution in [0.25, 0.3) is 0 Å². The molecule has 1 N–H and O–H groups in total. The lowest BCUT2D eigenvalue weighted by Crippen LogP contribution is -2.39. The molecular weight excluding hydrogens is 376 g/mol. The van der Waals surface area contributed by atoms with Gasteiger partial charge < -0.3 is 9.64 Å². The summed E-state index contributed by atoms with van der Waals surface area (Å²) < 4.78 is 32.8. The van der Waals surface area contributed by atoms with Gasteiger partial charge in [-0.05, 0) is 69.6 Å². The number of hydrogen-bond acceptors (Lipinski definition) is 4. The monoisotopic (exact) mass is 406 g/mol. The Morgan fingerprint density at radius 3 is 2.43 bits per heavy atom. The first kappa shape index (κ1) is 19.6. The summed E-state index contributed by atoms with van der Waals surface area (Å²) in [4.78, 5) is 14.2. The van der Waals surface area contributed by atoms with Crippen LogP contribution in [0.3, 0.4) is 0 Å². The van der Waals surface area contributed by atoms with Crippen molar-refractivity contribution < 1.29 is 17.9 Å². The van der Waals surface area contributed by atoms with E-state index in [9.17, 15) is 13.2 Å². The summed E-state index contributed by atoms with van der Waals surface area (Å²) in [7, 11) is -3.26. The van der Waals surface area contributed by atoms with Crippen LogP contribution in [0, 0.1) is 11.8 Å². The predicted octanol–water partition coefficient (Wildman–Crippen LogP) is 3.74. The van der Waals surface area contributed by atoms with Gasteiger partial charge in [0.2, 0.25) is 10.0 Å². The lowest BCUT2D eigenvalue weighted by Gasteiger charge is -2.29. The number of piperidine rings is 1. The lowest BCUT2D eigenvalue weighted by molar-refractivity contribution is 0.0260.